The van der Waals surface area contributed by atoms with Crippen LogP contribution in [-0.2, 0) is 0 Å². The molecule has 0 heterocycles. The Morgan fingerprint density at radius 2 is 2.00 bits per heavy atom. The number of benzene rings is 1. The predicted octanol–water partition coefficient (Wildman–Crippen LogP) is 4.85. The van der Waals surface area contributed by atoms with Crippen molar-refractivity contribution in [3.8, 4) is 5.75 Å². The fourth-order valence-electron chi connectivity index (χ4n) is 3.15. The van der Waals surface area contributed by atoms with Crippen LogP contribution in [0, 0.1) is 17.7 Å². The normalized spacial score (nSPS) is 23.4. The van der Waals surface area contributed by atoms with Gasteiger partial charge in [0, 0.05) is 12.1 Å². The maximum absolute atomic E-state index is 13.2. The Hall–Kier alpha value is -1.25. The number of ether oxygens (including phenoxy) is 1. The van der Waals surface area contributed by atoms with Crippen LogP contribution in [0.25, 0.3) is 0 Å². The summed E-state index contributed by atoms with van der Waals surface area (Å²) in [5.74, 6) is 1.95. The molecule has 2 atom stereocenters. The van der Waals surface area contributed by atoms with Gasteiger partial charge in [-0.15, -0.1) is 0 Å². The lowest BCUT2D eigenvalue weighted by Gasteiger charge is -2.21. The number of hydrogen-bond acceptors (Lipinski definition) is 2. The van der Waals surface area contributed by atoms with Crippen molar-refractivity contribution in [2.75, 3.05) is 12.4 Å². The monoisotopic (exact) mass is 279 g/mol. The van der Waals surface area contributed by atoms with Crippen LogP contribution in [0.15, 0.2) is 18.2 Å². The Morgan fingerprint density at radius 1 is 1.20 bits per heavy atom. The first-order valence-electron chi connectivity index (χ1n) is 7.70. The molecule has 112 valence electrons. The smallest absolute Gasteiger partial charge is 0.144 e. The number of halogens is 1. The van der Waals surface area contributed by atoms with Crippen LogP contribution in [0.4, 0.5) is 10.1 Å². The second-order valence-corrected chi connectivity index (χ2v) is 6.20. The van der Waals surface area contributed by atoms with E-state index in [0.717, 1.165) is 17.5 Å². The first-order valence-corrected chi connectivity index (χ1v) is 7.70. The van der Waals surface area contributed by atoms with Crippen molar-refractivity contribution in [2.45, 2.75) is 52.0 Å². The highest BCUT2D eigenvalue weighted by Gasteiger charge is 2.21. The molecule has 2 unspecified atom stereocenters. The van der Waals surface area contributed by atoms with Gasteiger partial charge >= 0.3 is 0 Å². The Morgan fingerprint density at radius 3 is 2.70 bits per heavy atom. The second kappa shape index (κ2) is 6.96. The van der Waals surface area contributed by atoms with Crippen LogP contribution in [-0.4, -0.2) is 13.2 Å². The van der Waals surface area contributed by atoms with Crippen molar-refractivity contribution in [3.05, 3.63) is 24.0 Å². The minimum Gasteiger partial charge on any atom is -0.494 e. The van der Waals surface area contributed by atoms with E-state index >= 15 is 0 Å². The van der Waals surface area contributed by atoms with E-state index in [1.807, 2.05) is 0 Å². The van der Waals surface area contributed by atoms with E-state index in [2.05, 4.69) is 19.2 Å². The van der Waals surface area contributed by atoms with Crippen molar-refractivity contribution in [3.63, 3.8) is 0 Å². The largest absolute Gasteiger partial charge is 0.494 e. The SMILES string of the molecule is COc1cc(F)ccc1NC1CCCC(C(C)C)CC1. The van der Waals surface area contributed by atoms with Gasteiger partial charge in [0.2, 0.25) is 0 Å². The lowest BCUT2D eigenvalue weighted by molar-refractivity contribution is 0.341. The topological polar surface area (TPSA) is 21.3 Å². The third-order valence-electron chi connectivity index (χ3n) is 4.48. The minimum atomic E-state index is -0.256. The van der Waals surface area contributed by atoms with Crippen molar-refractivity contribution in [2.24, 2.45) is 11.8 Å². The van der Waals surface area contributed by atoms with Gasteiger partial charge in [0.25, 0.3) is 0 Å². The predicted molar refractivity (Wildman–Crippen MR) is 81.8 cm³/mol. The second-order valence-electron chi connectivity index (χ2n) is 6.20. The van der Waals surface area contributed by atoms with Gasteiger partial charge in [-0.3, -0.25) is 0 Å². The highest BCUT2D eigenvalue weighted by molar-refractivity contribution is 5.57. The van der Waals surface area contributed by atoms with Gasteiger partial charge in [-0.25, -0.2) is 4.39 Å². The zero-order valence-electron chi connectivity index (χ0n) is 12.8. The fourth-order valence-corrected chi connectivity index (χ4v) is 3.15. The summed E-state index contributed by atoms with van der Waals surface area (Å²) in [6.07, 6.45) is 6.24. The van der Waals surface area contributed by atoms with E-state index < -0.39 is 0 Å². The summed E-state index contributed by atoms with van der Waals surface area (Å²) in [6, 6.07) is 5.17. The zero-order chi connectivity index (χ0) is 14.5. The molecule has 1 aliphatic carbocycles. The van der Waals surface area contributed by atoms with Gasteiger partial charge in [-0.05, 0) is 43.2 Å². The number of anilines is 1. The number of hydrogen-bond donors (Lipinski definition) is 1. The molecule has 1 aromatic carbocycles. The quantitative estimate of drug-likeness (QED) is 0.795. The third kappa shape index (κ3) is 3.87. The number of rotatable bonds is 4. The molecule has 2 nitrogen and oxygen atoms in total. The lowest BCUT2D eigenvalue weighted by Crippen LogP contribution is -2.19. The number of methoxy groups -OCH3 is 1. The van der Waals surface area contributed by atoms with Crippen molar-refractivity contribution >= 4 is 5.69 Å². The van der Waals surface area contributed by atoms with Crippen LogP contribution in [0.3, 0.4) is 0 Å². The van der Waals surface area contributed by atoms with E-state index in [9.17, 15) is 4.39 Å². The molecule has 3 heteroatoms. The average Bonchev–Trinajstić information content (AvgIpc) is 2.66. The van der Waals surface area contributed by atoms with Crippen LogP contribution >= 0.6 is 0 Å². The summed E-state index contributed by atoms with van der Waals surface area (Å²) in [4.78, 5) is 0. The molecule has 0 spiro atoms. The molecule has 0 bridgehead atoms. The van der Waals surface area contributed by atoms with E-state index in [1.54, 1.807) is 13.2 Å². The Bertz CT molecular complexity index is 433. The van der Waals surface area contributed by atoms with E-state index in [0.29, 0.717) is 11.8 Å². The molecule has 0 aromatic heterocycles. The Kier molecular flexibility index (Phi) is 5.27. The number of nitrogens with one attached hydrogen (secondary N) is 1. The minimum absolute atomic E-state index is 0.256. The van der Waals surface area contributed by atoms with Gasteiger partial charge in [0.1, 0.15) is 11.6 Å². The maximum atomic E-state index is 13.2. The van der Waals surface area contributed by atoms with E-state index in [1.165, 1.54) is 44.2 Å². The summed E-state index contributed by atoms with van der Waals surface area (Å²) in [7, 11) is 1.59. The molecule has 0 radical (unpaired) electrons. The van der Waals surface area contributed by atoms with E-state index in [4.69, 9.17) is 4.74 Å². The summed E-state index contributed by atoms with van der Waals surface area (Å²) in [6.45, 7) is 4.64. The Labute approximate surface area is 121 Å². The zero-order valence-corrected chi connectivity index (χ0v) is 12.8. The molecule has 1 aromatic rings. The van der Waals surface area contributed by atoms with Crippen LogP contribution in [0.2, 0.25) is 0 Å². The molecular formula is C17H26FNO. The molecule has 1 aliphatic rings. The van der Waals surface area contributed by atoms with Crippen LogP contribution < -0.4 is 10.1 Å². The van der Waals surface area contributed by atoms with Gasteiger partial charge in [-0.1, -0.05) is 26.7 Å². The van der Waals surface area contributed by atoms with Crippen molar-refractivity contribution in [1.29, 1.82) is 0 Å². The first kappa shape index (κ1) is 15.1. The molecule has 0 aliphatic heterocycles. The first-order chi connectivity index (χ1) is 9.60. The van der Waals surface area contributed by atoms with E-state index in [-0.39, 0.29) is 5.82 Å². The molecule has 2 rings (SSSR count). The average molecular weight is 279 g/mol. The Balaban J connectivity index is 2.00. The molecule has 0 amide bonds. The summed E-state index contributed by atoms with van der Waals surface area (Å²) < 4.78 is 18.5. The molecule has 1 fully saturated rings. The molecule has 1 saturated carbocycles. The fraction of sp³-hybridized carbons (Fsp3) is 0.647. The molecule has 1 N–H and O–H groups in total. The summed E-state index contributed by atoms with van der Waals surface area (Å²) in [5, 5.41) is 3.54. The summed E-state index contributed by atoms with van der Waals surface area (Å²) in [5.41, 5.74) is 0.905. The van der Waals surface area contributed by atoms with Gasteiger partial charge in [-0.2, -0.15) is 0 Å². The highest BCUT2D eigenvalue weighted by Crippen LogP contribution is 2.32. The highest BCUT2D eigenvalue weighted by atomic mass is 19.1. The molecular weight excluding hydrogens is 253 g/mol. The van der Waals surface area contributed by atoms with Crippen LogP contribution in [0.1, 0.15) is 46.0 Å². The maximum Gasteiger partial charge on any atom is 0.144 e. The van der Waals surface area contributed by atoms with Gasteiger partial charge in [0.05, 0.1) is 12.8 Å². The van der Waals surface area contributed by atoms with Gasteiger partial charge in [0.15, 0.2) is 0 Å². The van der Waals surface area contributed by atoms with Crippen molar-refractivity contribution in [1.82, 2.24) is 0 Å². The molecule has 20 heavy (non-hydrogen) atoms. The van der Waals surface area contributed by atoms with Crippen LogP contribution in [0.5, 0.6) is 5.75 Å². The van der Waals surface area contributed by atoms with Crippen molar-refractivity contribution < 1.29 is 9.13 Å². The molecule has 0 saturated heterocycles. The lowest BCUT2D eigenvalue weighted by atomic mass is 9.89. The third-order valence-corrected chi connectivity index (χ3v) is 4.48. The van der Waals surface area contributed by atoms with Gasteiger partial charge < -0.3 is 10.1 Å². The summed E-state index contributed by atoms with van der Waals surface area (Å²) >= 11 is 0. The standard InChI is InChI=1S/C17H26FNO/c1-12(2)13-5-4-6-15(9-7-13)19-16-10-8-14(18)11-17(16)20-3/h8,10-13,15,19H,4-7,9H2,1-3H3.